The molecule has 2 aromatic carbocycles. The van der Waals surface area contributed by atoms with E-state index in [0.717, 1.165) is 31.2 Å². The molecular weight excluding hydrogens is 464 g/mol. The fourth-order valence-electron chi connectivity index (χ4n) is 4.91. The molecule has 0 spiro atoms. The summed E-state index contributed by atoms with van der Waals surface area (Å²) in [5, 5.41) is 3.79. The van der Waals surface area contributed by atoms with Crippen LogP contribution < -0.4 is 5.32 Å². The van der Waals surface area contributed by atoms with Crippen molar-refractivity contribution in [3.05, 3.63) is 69.5 Å². The maximum absolute atomic E-state index is 13.5. The van der Waals surface area contributed by atoms with E-state index >= 15 is 0 Å². The summed E-state index contributed by atoms with van der Waals surface area (Å²) in [6, 6.07) is 11.0. The third kappa shape index (κ3) is 5.86. The van der Waals surface area contributed by atoms with Crippen LogP contribution in [0.25, 0.3) is 0 Å². The number of hydrogen-bond acceptors (Lipinski definition) is 3. The molecule has 1 saturated carbocycles. The maximum Gasteiger partial charge on any atom is 0.253 e. The Morgan fingerprint density at radius 1 is 1.00 bits per heavy atom. The number of nitrogens with zero attached hydrogens (tertiary/aromatic N) is 2. The van der Waals surface area contributed by atoms with Gasteiger partial charge in [-0.3, -0.25) is 14.5 Å². The van der Waals surface area contributed by atoms with Crippen molar-refractivity contribution in [2.24, 2.45) is 5.92 Å². The molecule has 1 N–H and O–H groups in total. The molecule has 1 unspecified atom stereocenters. The highest BCUT2D eigenvalue weighted by atomic mass is 35.5. The molecule has 0 radical (unpaired) electrons. The summed E-state index contributed by atoms with van der Waals surface area (Å²) in [5.41, 5.74) is 1.25. The largest absolute Gasteiger partial charge is 0.351 e. The van der Waals surface area contributed by atoms with Gasteiger partial charge < -0.3 is 10.2 Å². The quantitative estimate of drug-likeness (QED) is 0.633. The zero-order valence-corrected chi connectivity index (χ0v) is 19.9. The molecule has 176 valence electrons. The molecule has 2 aromatic rings. The van der Waals surface area contributed by atoms with Crippen LogP contribution in [0.4, 0.5) is 4.39 Å². The molecule has 0 aromatic heterocycles. The predicted octanol–water partition coefficient (Wildman–Crippen LogP) is 4.77. The minimum Gasteiger partial charge on any atom is -0.351 e. The number of piperazine rings is 1. The van der Waals surface area contributed by atoms with Crippen LogP contribution in [0.15, 0.2) is 42.5 Å². The standard InChI is InChI=1S/C25H28Cl2FN3O2/c26-21-9-8-19(15-22(21)27)25(33)31-12-10-30(11-13-31)23(18-5-1-2-6-18)24(32)29-16-17-4-3-7-20(28)14-17/h3-4,7-9,14-15,18,23H,1-2,5-6,10-13,16H2,(H,29,32). The Morgan fingerprint density at radius 2 is 1.73 bits per heavy atom. The average molecular weight is 492 g/mol. The van der Waals surface area contributed by atoms with E-state index in [-0.39, 0.29) is 23.7 Å². The summed E-state index contributed by atoms with van der Waals surface area (Å²) >= 11 is 12.0. The lowest BCUT2D eigenvalue weighted by Crippen LogP contribution is -2.57. The van der Waals surface area contributed by atoms with Gasteiger partial charge in [-0.1, -0.05) is 48.2 Å². The molecule has 5 nitrogen and oxygen atoms in total. The summed E-state index contributed by atoms with van der Waals surface area (Å²) in [4.78, 5) is 30.2. The first-order chi connectivity index (χ1) is 15.9. The van der Waals surface area contributed by atoms with Crippen LogP contribution in [0.2, 0.25) is 10.0 Å². The first-order valence-corrected chi connectivity index (χ1v) is 12.2. The van der Waals surface area contributed by atoms with Gasteiger partial charge in [0.15, 0.2) is 0 Å². The topological polar surface area (TPSA) is 52.7 Å². The van der Waals surface area contributed by atoms with Gasteiger partial charge >= 0.3 is 0 Å². The molecule has 1 atom stereocenters. The molecule has 0 bridgehead atoms. The summed E-state index contributed by atoms with van der Waals surface area (Å²) in [6.07, 6.45) is 4.32. The molecule has 8 heteroatoms. The van der Waals surface area contributed by atoms with Crippen molar-refractivity contribution in [1.82, 2.24) is 15.1 Å². The monoisotopic (exact) mass is 491 g/mol. The lowest BCUT2D eigenvalue weighted by Gasteiger charge is -2.40. The molecule has 1 saturated heterocycles. The minimum absolute atomic E-state index is 0.0181. The summed E-state index contributed by atoms with van der Waals surface area (Å²) in [6.45, 7) is 2.64. The third-order valence-corrected chi connectivity index (χ3v) is 7.37. The Bertz CT molecular complexity index is 1000. The highest BCUT2D eigenvalue weighted by Crippen LogP contribution is 2.31. The lowest BCUT2D eigenvalue weighted by molar-refractivity contribution is -0.129. The Labute approximate surface area is 203 Å². The van der Waals surface area contributed by atoms with E-state index in [1.165, 1.54) is 12.1 Å². The fourth-order valence-corrected chi connectivity index (χ4v) is 5.20. The van der Waals surface area contributed by atoms with E-state index in [1.807, 2.05) is 0 Å². The Morgan fingerprint density at radius 3 is 2.39 bits per heavy atom. The number of carbonyl (C=O) groups excluding carboxylic acids is 2. The zero-order valence-electron chi connectivity index (χ0n) is 18.4. The number of carbonyl (C=O) groups is 2. The van der Waals surface area contributed by atoms with Gasteiger partial charge in [-0.2, -0.15) is 0 Å². The van der Waals surface area contributed by atoms with Gasteiger partial charge in [0.2, 0.25) is 5.91 Å². The molecule has 33 heavy (non-hydrogen) atoms. The van der Waals surface area contributed by atoms with Gasteiger partial charge in [-0.25, -0.2) is 4.39 Å². The van der Waals surface area contributed by atoms with E-state index in [9.17, 15) is 14.0 Å². The van der Waals surface area contributed by atoms with Crippen molar-refractivity contribution in [3.8, 4) is 0 Å². The van der Waals surface area contributed by atoms with Crippen molar-refractivity contribution in [1.29, 1.82) is 0 Å². The second-order valence-corrected chi connectivity index (χ2v) is 9.61. The Balaban J connectivity index is 1.39. The Hall–Kier alpha value is -2.15. The van der Waals surface area contributed by atoms with Crippen molar-refractivity contribution >= 4 is 35.0 Å². The van der Waals surface area contributed by atoms with Crippen LogP contribution in [-0.2, 0) is 11.3 Å². The number of benzene rings is 2. The zero-order chi connectivity index (χ0) is 23.4. The van der Waals surface area contributed by atoms with Gasteiger partial charge in [-0.05, 0) is 54.7 Å². The number of nitrogens with one attached hydrogen (secondary N) is 1. The highest BCUT2D eigenvalue weighted by Gasteiger charge is 2.37. The van der Waals surface area contributed by atoms with Gasteiger partial charge in [0, 0.05) is 38.3 Å². The summed E-state index contributed by atoms with van der Waals surface area (Å²) in [7, 11) is 0. The molecule has 4 rings (SSSR count). The predicted molar refractivity (Wildman–Crippen MR) is 128 cm³/mol. The normalized spacial score (nSPS) is 18.3. The second kappa shape index (κ2) is 10.9. The SMILES string of the molecule is O=C(NCc1cccc(F)c1)C(C1CCCC1)N1CCN(C(=O)c2ccc(Cl)c(Cl)c2)CC1. The average Bonchev–Trinajstić information content (AvgIpc) is 3.34. The van der Waals surface area contributed by atoms with E-state index < -0.39 is 0 Å². The molecule has 2 amide bonds. The van der Waals surface area contributed by atoms with Crippen molar-refractivity contribution in [2.75, 3.05) is 26.2 Å². The number of amides is 2. The molecule has 2 fully saturated rings. The van der Waals surface area contributed by atoms with E-state index in [4.69, 9.17) is 23.2 Å². The summed E-state index contributed by atoms with van der Waals surface area (Å²) in [5.74, 6) is -0.108. The number of hydrogen-bond donors (Lipinski definition) is 1. The third-order valence-electron chi connectivity index (χ3n) is 6.63. The smallest absolute Gasteiger partial charge is 0.253 e. The van der Waals surface area contributed by atoms with E-state index in [2.05, 4.69) is 10.2 Å². The lowest BCUT2D eigenvalue weighted by atomic mass is 9.94. The van der Waals surface area contributed by atoms with Gasteiger partial charge in [0.1, 0.15) is 5.82 Å². The molecule has 1 aliphatic heterocycles. The van der Waals surface area contributed by atoms with Gasteiger partial charge in [0.05, 0.1) is 16.1 Å². The van der Waals surface area contributed by atoms with Crippen molar-refractivity contribution < 1.29 is 14.0 Å². The van der Waals surface area contributed by atoms with Crippen LogP contribution in [-0.4, -0.2) is 53.8 Å². The van der Waals surface area contributed by atoms with E-state index in [0.29, 0.717) is 54.3 Å². The number of halogens is 3. The van der Waals surface area contributed by atoms with Gasteiger partial charge in [-0.15, -0.1) is 0 Å². The number of rotatable bonds is 6. The molecule has 1 aliphatic carbocycles. The van der Waals surface area contributed by atoms with Gasteiger partial charge in [0.25, 0.3) is 5.91 Å². The first kappa shape index (κ1) is 24.0. The van der Waals surface area contributed by atoms with Crippen LogP contribution in [0.5, 0.6) is 0 Å². The van der Waals surface area contributed by atoms with Crippen LogP contribution in [0.3, 0.4) is 0 Å². The van der Waals surface area contributed by atoms with Crippen LogP contribution in [0.1, 0.15) is 41.6 Å². The minimum atomic E-state index is -0.308. The van der Waals surface area contributed by atoms with Crippen LogP contribution in [0, 0.1) is 11.7 Å². The molecule has 2 aliphatic rings. The maximum atomic E-state index is 13.5. The van der Waals surface area contributed by atoms with Crippen molar-refractivity contribution in [3.63, 3.8) is 0 Å². The van der Waals surface area contributed by atoms with Crippen LogP contribution >= 0.6 is 23.2 Å². The summed E-state index contributed by atoms with van der Waals surface area (Å²) < 4.78 is 13.5. The van der Waals surface area contributed by atoms with Crippen molar-refractivity contribution in [2.45, 2.75) is 38.3 Å². The highest BCUT2D eigenvalue weighted by molar-refractivity contribution is 6.42. The molecule has 1 heterocycles. The first-order valence-electron chi connectivity index (χ1n) is 11.4. The molecular formula is C25H28Cl2FN3O2. The fraction of sp³-hybridized carbons (Fsp3) is 0.440. The Kier molecular flexibility index (Phi) is 7.89. The van der Waals surface area contributed by atoms with E-state index in [1.54, 1.807) is 35.2 Å². The second-order valence-electron chi connectivity index (χ2n) is 8.79.